The van der Waals surface area contributed by atoms with Crippen LogP contribution >= 0.6 is 0 Å². The average Bonchev–Trinajstić information content (AvgIpc) is 2.64. The summed E-state index contributed by atoms with van der Waals surface area (Å²) in [4.78, 5) is 33.6. The Labute approximate surface area is 158 Å². The zero-order chi connectivity index (χ0) is 20.4. The fourth-order valence-electron chi connectivity index (χ4n) is 3.12. The number of aliphatic carboxylic acids is 2. The molecule has 1 aromatic rings. The summed E-state index contributed by atoms with van der Waals surface area (Å²) in [5.74, 6) is -3.65. The van der Waals surface area contributed by atoms with E-state index in [9.17, 15) is 10.1 Å². The summed E-state index contributed by atoms with van der Waals surface area (Å²) in [6.07, 6.45) is 2.42. The smallest absolute Gasteiger partial charge is 0.414 e. The number of carboxylic acid groups (broad SMARTS) is 2. The Kier molecular flexibility index (Phi) is 9.38. The van der Waals surface area contributed by atoms with Crippen molar-refractivity contribution < 1.29 is 24.7 Å². The molecule has 0 unspecified atom stereocenters. The lowest BCUT2D eigenvalue weighted by Gasteiger charge is -2.38. The number of hydrogen-bond acceptors (Lipinski definition) is 6. The SMILES string of the molecule is CCC(CC)N1CCN(Cc2cccc([N+](=O)[O-])c2)CC1.O=C(O)C(=O)O. The van der Waals surface area contributed by atoms with E-state index >= 15 is 0 Å². The number of rotatable bonds is 6. The first-order chi connectivity index (χ1) is 12.8. The monoisotopic (exact) mass is 381 g/mol. The molecule has 1 aliphatic heterocycles. The van der Waals surface area contributed by atoms with Gasteiger partial charge in [0.25, 0.3) is 5.69 Å². The molecule has 0 spiro atoms. The number of benzene rings is 1. The van der Waals surface area contributed by atoms with Gasteiger partial charge in [0.15, 0.2) is 0 Å². The Morgan fingerprint density at radius 3 is 2.11 bits per heavy atom. The van der Waals surface area contributed by atoms with E-state index in [0.29, 0.717) is 6.04 Å². The molecule has 0 aliphatic carbocycles. The van der Waals surface area contributed by atoms with Crippen LogP contribution in [0.3, 0.4) is 0 Å². The first-order valence-corrected chi connectivity index (χ1v) is 8.94. The predicted octanol–water partition coefficient (Wildman–Crippen LogP) is 2.06. The summed E-state index contributed by atoms with van der Waals surface area (Å²) in [5, 5.41) is 25.6. The molecular formula is C18H27N3O6. The zero-order valence-corrected chi connectivity index (χ0v) is 15.7. The summed E-state index contributed by atoms with van der Waals surface area (Å²) in [6.45, 7) is 9.59. The number of carboxylic acids is 2. The first kappa shape index (κ1) is 22.5. The number of piperazine rings is 1. The molecule has 1 aromatic carbocycles. The first-order valence-electron chi connectivity index (χ1n) is 8.94. The van der Waals surface area contributed by atoms with E-state index in [1.807, 2.05) is 6.07 Å². The van der Waals surface area contributed by atoms with Crippen LogP contribution in [0.15, 0.2) is 24.3 Å². The molecule has 9 nitrogen and oxygen atoms in total. The summed E-state index contributed by atoms with van der Waals surface area (Å²) in [5.41, 5.74) is 1.21. The third-order valence-electron chi connectivity index (χ3n) is 4.58. The molecule has 1 heterocycles. The van der Waals surface area contributed by atoms with Crippen LogP contribution in [0.2, 0.25) is 0 Å². The maximum atomic E-state index is 10.8. The van der Waals surface area contributed by atoms with Crippen LogP contribution in [0, 0.1) is 10.1 Å². The molecular weight excluding hydrogens is 354 g/mol. The summed E-state index contributed by atoms with van der Waals surface area (Å²) >= 11 is 0. The van der Waals surface area contributed by atoms with Crippen LogP contribution < -0.4 is 0 Å². The highest BCUT2D eigenvalue weighted by atomic mass is 16.6. The van der Waals surface area contributed by atoms with Crippen LogP contribution in [0.4, 0.5) is 5.69 Å². The van der Waals surface area contributed by atoms with Crippen LogP contribution in [0.25, 0.3) is 0 Å². The van der Waals surface area contributed by atoms with E-state index in [4.69, 9.17) is 19.8 Å². The predicted molar refractivity (Wildman–Crippen MR) is 99.6 cm³/mol. The van der Waals surface area contributed by atoms with Gasteiger partial charge in [-0.1, -0.05) is 26.0 Å². The van der Waals surface area contributed by atoms with Crippen LogP contribution in [0.5, 0.6) is 0 Å². The number of nitro benzene ring substituents is 1. The molecule has 9 heteroatoms. The van der Waals surface area contributed by atoms with Gasteiger partial charge in [-0.15, -0.1) is 0 Å². The topological polar surface area (TPSA) is 124 Å². The van der Waals surface area contributed by atoms with Gasteiger partial charge in [0, 0.05) is 50.9 Å². The highest BCUT2D eigenvalue weighted by Gasteiger charge is 2.21. The van der Waals surface area contributed by atoms with E-state index in [-0.39, 0.29) is 10.6 Å². The molecule has 27 heavy (non-hydrogen) atoms. The van der Waals surface area contributed by atoms with Gasteiger partial charge < -0.3 is 10.2 Å². The van der Waals surface area contributed by atoms with E-state index in [0.717, 1.165) is 38.3 Å². The van der Waals surface area contributed by atoms with Crippen LogP contribution in [-0.4, -0.2) is 69.1 Å². The fourth-order valence-corrected chi connectivity index (χ4v) is 3.12. The van der Waals surface area contributed by atoms with Gasteiger partial charge in [-0.25, -0.2) is 9.59 Å². The highest BCUT2D eigenvalue weighted by Crippen LogP contribution is 2.17. The van der Waals surface area contributed by atoms with Gasteiger partial charge in [0.1, 0.15) is 0 Å². The normalized spacial score (nSPS) is 15.1. The number of hydrogen-bond donors (Lipinski definition) is 2. The van der Waals surface area contributed by atoms with E-state index in [1.54, 1.807) is 18.2 Å². The van der Waals surface area contributed by atoms with Crippen molar-refractivity contribution in [1.82, 2.24) is 9.80 Å². The summed E-state index contributed by atoms with van der Waals surface area (Å²) in [6, 6.07) is 7.68. The van der Waals surface area contributed by atoms with Gasteiger partial charge in [0.2, 0.25) is 0 Å². The largest absolute Gasteiger partial charge is 0.473 e. The molecule has 2 N–H and O–H groups in total. The molecule has 0 saturated carbocycles. The fraction of sp³-hybridized carbons (Fsp3) is 0.556. The minimum Gasteiger partial charge on any atom is -0.473 e. The molecule has 0 bridgehead atoms. The van der Waals surface area contributed by atoms with Gasteiger partial charge in [-0.05, 0) is 18.4 Å². The van der Waals surface area contributed by atoms with Gasteiger partial charge >= 0.3 is 11.9 Å². The maximum absolute atomic E-state index is 10.8. The van der Waals surface area contributed by atoms with E-state index in [2.05, 4.69) is 23.6 Å². The van der Waals surface area contributed by atoms with E-state index < -0.39 is 11.9 Å². The molecule has 1 aliphatic rings. The minimum absolute atomic E-state index is 0.183. The molecule has 0 aromatic heterocycles. The van der Waals surface area contributed by atoms with Crippen molar-refractivity contribution in [3.05, 3.63) is 39.9 Å². The lowest BCUT2D eigenvalue weighted by atomic mass is 10.1. The minimum atomic E-state index is -1.82. The summed E-state index contributed by atoms with van der Waals surface area (Å²) < 4.78 is 0. The lowest BCUT2D eigenvalue weighted by Crippen LogP contribution is -2.49. The highest BCUT2D eigenvalue weighted by molar-refractivity contribution is 6.27. The quantitative estimate of drug-likeness (QED) is 0.436. The Morgan fingerprint density at radius 1 is 1.11 bits per heavy atom. The third kappa shape index (κ3) is 7.71. The van der Waals surface area contributed by atoms with Crippen molar-refractivity contribution in [2.24, 2.45) is 0 Å². The number of nitro groups is 1. The van der Waals surface area contributed by atoms with Crippen molar-refractivity contribution in [2.75, 3.05) is 26.2 Å². The third-order valence-corrected chi connectivity index (χ3v) is 4.58. The van der Waals surface area contributed by atoms with Crippen molar-refractivity contribution >= 4 is 17.6 Å². The average molecular weight is 381 g/mol. The standard InChI is InChI=1S/C16H25N3O2.C2H2O4/c1-3-15(4-2)18-10-8-17(9-11-18)13-14-6-5-7-16(12-14)19(20)21;3-1(4)2(5)6/h5-7,12,15H,3-4,8-11,13H2,1-2H3;(H,3,4)(H,5,6). The molecule has 0 amide bonds. The Morgan fingerprint density at radius 2 is 1.67 bits per heavy atom. The van der Waals surface area contributed by atoms with Crippen molar-refractivity contribution in [2.45, 2.75) is 39.3 Å². The zero-order valence-electron chi connectivity index (χ0n) is 15.7. The second-order valence-electron chi connectivity index (χ2n) is 6.32. The van der Waals surface area contributed by atoms with Gasteiger partial charge in [0.05, 0.1) is 4.92 Å². The van der Waals surface area contributed by atoms with E-state index in [1.165, 1.54) is 12.8 Å². The van der Waals surface area contributed by atoms with Crippen LogP contribution in [0.1, 0.15) is 32.3 Å². The Hall–Kier alpha value is -2.52. The summed E-state index contributed by atoms with van der Waals surface area (Å²) in [7, 11) is 0. The van der Waals surface area contributed by atoms with Crippen molar-refractivity contribution in [1.29, 1.82) is 0 Å². The second kappa shape index (κ2) is 11.2. The molecule has 1 fully saturated rings. The van der Waals surface area contributed by atoms with Gasteiger partial charge in [-0.2, -0.15) is 0 Å². The Balaban J connectivity index is 0.000000527. The Bertz CT molecular complexity index is 628. The lowest BCUT2D eigenvalue weighted by molar-refractivity contribution is -0.384. The van der Waals surface area contributed by atoms with Crippen LogP contribution in [-0.2, 0) is 16.1 Å². The molecule has 0 atom stereocenters. The number of carbonyl (C=O) groups is 2. The molecule has 150 valence electrons. The number of nitrogens with zero attached hydrogens (tertiary/aromatic N) is 3. The molecule has 2 rings (SSSR count). The maximum Gasteiger partial charge on any atom is 0.414 e. The van der Waals surface area contributed by atoms with Crippen molar-refractivity contribution in [3.63, 3.8) is 0 Å². The molecule has 0 radical (unpaired) electrons. The number of non-ortho nitro benzene ring substituents is 1. The molecule has 1 saturated heterocycles. The van der Waals surface area contributed by atoms with Crippen molar-refractivity contribution in [3.8, 4) is 0 Å². The second-order valence-corrected chi connectivity index (χ2v) is 6.32. The van der Waals surface area contributed by atoms with Gasteiger partial charge in [-0.3, -0.25) is 19.9 Å².